The van der Waals surface area contributed by atoms with Crippen molar-refractivity contribution in [3.63, 3.8) is 0 Å². The van der Waals surface area contributed by atoms with Gasteiger partial charge in [0.05, 0.1) is 5.56 Å². The van der Waals surface area contributed by atoms with E-state index in [9.17, 15) is 23.1 Å². The number of nitrogens with zero attached hydrogens (tertiary/aromatic N) is 2. The van der Waals surface area contributed by atoms with E-state index >= 15 is 0 Å². The third-order valence-corrected chi connectivity index (χ3v) is 7.54. The molecule has 1 aromatic carbocycles. The summed E-state index contributed by atoms with van der Waals surface area (Å²) in [6.45, 7) is 2.61. The average molecular weight is 434 g/mol. The van der Waals surface area contributed by atoms with Crippen LogP contribution in [0.3, 0.4) is 0 Å². The lowest BCUT2D eigenvalue weighted by molar-refractivity contribution is -0.193. The van der Waals surface area contributed by atoms with Crippen LogP contribution in [-0.4, -0.2) is 74.6 Å². The number of aliphatic hydroxyl groups is 1. The first-order valence-electron chi connectivity index (χ1n) is 9.41. The van der Waals surface area contributed by atoms with Crippen LogP contribution >= 0.6 is 0 Å². The molecule has 1 aliphatic heterocycles. The number of ketones is 2. The lowest BCUT2D eigenvalue weighted by Crippen LogP contribution is -2.47. The van der Waals surface area contributed by atoms with Crippen LogP contribution in [-0.2, 0) is 20.5 Å². The van der Waals surface area contributed by atoms with Gasteiger partial charge in [-0.05, 0) is 14.0 Å². The van der Waals surface area contributed by atoms with Gasteiger partial charge in [-0.2, -0.15) is 4.31 Å². The summed E-state index contributed by atoms with van der Waals surface area (Å²) in [4.78, 5) is 27.7. The van der Waals surface area contributed by atoms with Gasteiger partial charge < -0.3 is 19.2 Å². The number of carbonyl (C=O) groups excluding carboxylic acids is 2. The van der Waals surface area contributed by atoms with Crippen LogP contribution in [0.2, 0.25) is 0 Å². The monoisotopic (exact) mass is 434 g/mol. The third-order valence-electron chi connectivity index (χ3n) is 5.59. The fourth-order valence-corrected chi connectivity index (χ4v) is 5.53. The summed E-state index contributed by atoms with van der Waals surface area (Å²) in [5, 5.41) is 10.7. The standard InChI is InChI=1S/C20H22N2O7S/c1-20(25,28-3)19-18(30(26,27)22-10-8-21(2)9-11-22)14-15(23)12-6-4-5-7-13(12)16(24)17(14)29-19/h4-7,25H,8-11H2,1-3H3. The number of benzene rings is 1. The molecule has 0 radical (unpaired) electrons. The zero-order valence-corrected chi connectivity index (χ0v) is 17.7. The van der Waals surface area contributed by atoms with Crippen molar-refractivity contribution in [2.24, 2.45) is 0 Å². The van der Waals surface area contributed by atoms with E-state index in [0.717, 1.165) is 0 Å². The van der Waals surface area contributed by atoms with Gasteiger partial charge in [-0.1, -0.05) is 24.3 Å². The summed E-state index contributed by atoms with van der Waals surface area (Å²) in [7, 11) is -1.21. The van der Waals surface area contributed by atoms with E-state index in [2.05, 4.69) is 0 Å². The number of ether oxygens (including phenoxy) is 1. The largest absolute Gasteiger partial charge is 0.450 e. The molecule has 0 spiro atoms. The fraction of sp³-hybridized carbons (Fsp3) is 0.400. The molecule has 1 unspecified atom stereocenters. The summed E-state index contributed by atoms with van der Waals surface area (Å²) in [6.07, 6.45) is 0. The van der Waals surface area contributed by atoms with Crippen molar-refractivity contribution >= 4 is 21.6 Å². The normalized spacial score (nSPS) is 20.0. The van der Waals surface area contributed by atoms with Gasteiger partial charge in [0, 0.05) is 44.4 Å². The summed E-state index contributed by atoms with van der Waals surface area (Å²) in [5.74, 6) is -4.32. The number of likely N-dealkylation sites (N-methyl/N-ethyl adjacent to an activating group) is 1. The highest BCUT2D eigenvalue weighted by Crippen LogP contribution is 2.41. The lowest BCUT2D eigenvalue weighted by Gasteiger charge is -2.32. The van der Waals surface area contributed by atoms with Gasteiger partial charge in [-0.3, -0.25) is 9.59 Å². The summed E-state index contributed by atoms with van der Waals surface area (Å²) >= 11 is 0. The number of hydrogen-bond donors (Lipinski definition) is 1. The maximum absolute atomic E-state index is 13.6. The number of piperazine rings is 1. The molecule has 160 valence electrons. The van der Waals surface area contributed by atoms with E-state index in [1.165, 1.54) is 30.5 Å². The molecule has 30 heavy (non-hydrogen) atoms. The van der Waals surface area contributed by atoms with Crippen LogP contribution in [0.5, 0.6) is 0 Å². The summed E-state index contributed by atoms with van der Waals surface area (Å²) < 4.78 is 39.0. The van der Waals surface area contributed by atoms with Gasteiger partial charge in [-0.25, -0.2) is 8.42 Å². The van der Waals surface area contributed by atoms with Crippen molar-refractivity contribution in [2.45, 2.75) is 17.6 Å². The van der Waals surface area contributed by atoms with Gasteiger partial charge in [-0.15, -0.1) is 0 Å². The van der Waals surface area contributed by atoms with Crippen LogP contribution < -0.4 is 0 Å². The molecule has 0 saturated carbocycles. The molecule has 1 aromatic heterocycles. The van der Waals surface area contributed by atoms with Gasteiger partial charge in [0.15, 0.2) is 17.3 Å². The predicted octanol–water partition coefficient (Wildman–Crippen LogP) is 0.802. The van der Waals surface area contributed by atoms with Gasteiger partial charge >= 0.3 is 0 Å². The molecule has 2 heterocycles. The highest BCUT2D eigenvalue weighted by molar-refractivity contribution is 7.89. The predicted molar refractivity (Wildman–Crippen MR) is 105 cm³/mol. The molecule has 10 heteroatoms. The topological polar surface area (TPSA) is 117 Å². The Balaban J connectivity index is 1.98. The molecule has 9 nitrogen and oxygen atoms in total. The maximum Gasteiger partial charge on any atom is 0.247 e. The molecule has 4 rings (SSSR count). The summed E-state index contributed by atoms with van der Waals surface area (Å²) in [6, 6.07) is 6.14. The molecular formula is C20H22N2O7S. The second-order valence-electron chi connectivity index (χ2n) is 7.56. The molecule has 1 atom stereocenters. The van der Waals surface area contributed by atoms with Crippen molar-refractivity contribution in [1.29, 1.82) is 0 Å². The van der Waals surface area contributed by atoms with Crippen molar-refractivity contribution in [3.05, 3.63) is 52.5 Å². The number of sulfonamides is 1. The minimum Gasteiger partial charge on any atom is -0.450 e. The Morgan fingerprint density at radius 3 is 2.20 bits per heavy atom. The number of rotatable bonds is 4. The second-order valence-corrected chi connectivity index (χ2v) is 9.44. The Kier molecular flexibility index (Phi) is 4.94. The smallest absolute Gasteiger partial charge is 0.247 e. The van der Waals surface area contributed by atoms with E-state index in [1.807, 2.05) is 11.9 Å². The number of furan rings is 1. The quantitative estimate of drug-likeness (QED) is 0.600. The first-order valence-corrected chi connectivity index (χ1v) is 10.9. The Hall–Kier alpha value is -2.37. The molecule has 1 fully saturated rings. The van der Waals surface area contributed by atoms with Crippen molar-refractivity contribution in [3.8, 4) is 0 Å². The van der Waals surface area contributed by atoms with Gasteiger partial charge in [0.1, 0.15) is 4.90 Å². The van der Waals surface area contributed by atoms with E-state index < -0.39 is 43.8 Å². The molecule has 0 amide bonds. The Labute approximate surface area is 173 Å². The van der Waals surface area contributed by atoms with Gasteiger partial charge in [0.2, 0.25) is 21.6 Å². The van der Waals surface area contributed by atoms with Crippen LogP contribution in [0.15, 0.2) is 33.6 Å². The highest BCUT2D eigenvalue weighted by atomic mass is 32.2. The number of hydrogen-bond acceptors (Lipinski definition) is 8. The molecule has 1 N–H and O–H groups in total. The second kappa shape index (κ2) is 7.10. The maximum atomic E-state index is 13.6. The van der Waals surface area contributed by atoms with Crippen molar-refractivity contribution in [2.75, 3.05) is 40.3 Å². The number of fused-ring (bicyclic) bond motifs is 2. The first kappa shape index (κ1) is 20.9. The Morgan fingerprint density at radius 1 is 1.07 bits per heavy atom. The van der Waals surface area contributed by atoms with E-state index in [0.29, 0.717) is 13.1 Å². The first-order chi connectivity index (χ1) is 14.1. The summed E-state index contributed by atoms with van der Waals surface area (Å²) in [5.41, 5.74) is -0.143. The minimum absolute atomic E-state index is 0.0919. The highest BCUT2D eigenvalue weighted by Gasteiger charge is 2.47. The minimum atomic E-state index is -4.27. The number of methoxy groups -OCH3 is 1. The molecule has 2 aliphatic rings. The van der Waals surface area contributed by atoms with Crippen LogP contribution in [0.4, 0.5) is 0 Å². The molecular weight excluding hydrogens is 412 g/mol. The Bertz CT molecular complexity index is 1140. The van der Waals surface area contributed by atoms with Gasteiger partial charge in [0.25, 0.3) is 0 Å². The average Bonchev–Trinajstić information content (AvgIpc) is 3.15. The SMILES string of the molecule is COC(C)(O)c1oc2c(c1S(=O)(=O)N1CCN(C)CC1)C(=O)c1ccccc1C2=O. The van der Waals surface area contributed by atoms with Crippen LogP contribution in [0.25, 0.3) is 0 Å². The molecule has 1 aliphatic carbocycles. The van der Waals surface area contributed by atoms with E-state index in [1.54, 1.807) is 12.1 Å². The lowest BCUT2D eigenvalue weighted by atomic mass is 9.88. The van der Waals surface area contributed by atoms with E-state index in [4.69, 9.17) is 9.15 Å². The zero-order valence-electron chi connectivity index (χ0n) is 16.8. The third kappa shape index (κ3) is 3.03. The van der Waals surface area contributed by atoms with Crippen LogP contribution in [0.1, 0.15) is 44.7 Å². The molecule has 0 bridgehead atoms. The number of carbonyl (C=O) groups is 2. The van der Waals surface area contributed by atoms with Crippen molar-refractivity contribution < 1.29 is 32.3 Å². The van der Waals surface area contributed by atoms with Crippen LogP contribution in [0, 0.1) is 0 Å². The zero-order chi connectivity index (χ0) is 21.8. The molecule has 2 aromatic rings. The van der Waals surface area contributed by atoms with E-state index in [-0.39, 0.29) is 29.8 Å². The fourth-order valence-electron chi connectivity index (χ4n) is 3.72. The Morgan fingerprint density at radius 2 is 1.63 bits per heavy atom. The van der Waals surface area contributed by atoms with Crippen molar-refractivity contribution in [1.82, 2.24) is 9.21 Å². The molecule has 1 saturated heterocycles.